The molecule has 14 heavy (non-hydrogen) atoms. The predicted octanol–water partition coefficient (Wildman–Crippen LogP) is 0.830. The lowest BCUT2D eigenvalue weighted by Crippen LogP contribution is -2.50. The van der Waals surface area contributed by atoms with Gasteiger partial charge in [-0.15, -0.1) is 0 Å². The zero-order chi connectivity index (χ0) is 11.0. The van der Waals surface area contributed by atoms with Crippen LogP contribution in [-0.2, 0) is 0 Å². The van der Waals surface area contributed by atoms with Crippen molar-refractivity contribution in [1.29, 1.82) is 0 Å². The monoisotopic (exact) mass is 200 g/mol. The van der Waals surface area contributed by atoms with Gasteiger partial charge in [0.1, 0.15) is 0 Å². The van der Waals surface area contributed by atoms with Crippen molar-refractivity contribution in [3.63, 3.8) is 0 Å². The molecule has 3 heteroatoms. The van der Waals surface area contributed by atoms with E-state index in [9.17, 15) is 5.11 Å². The van der Waals surface area contributed by atoms with Crippen LogP contribution in [0.3, 0.4) is 0 Å². The van der Waals surface area contributed by atoms with Crippen LogP contribution in [0, 0.1) is 0 Å². The molecule has 2 unspecified atom stereocenters. The number of hydrogen-bond acceptors (Lipinski definition) is 3. The van der Waals surface area contributed by atoms with Gasteiger partial charge in [-0.25, -0.2) is 0 Å². The summed E-state index contributed by atoms with van der Waals surface area (Å²) in [6.45, 7) is 13.1. The van der Waals surface area contributed by atoms with E-state index >= 15 is 0 Å². The van der Waals surface area contributed by atoms with E-state index in [0.717, 1.165) is 13.1 Å². The van der Waals surface area contributed by atoms with Gasteiger partial charge in [0.05, 0.1) is 5.60 Å². The molecule has 0 spiro atoms. The lowest BCUT2D eigenvalue weighted by atomic mass is 10.0. The molecule has 2 N–H and O–H groups in total. The minimum atomic E-state index is -0.613. The summed E-state index contributed by atoms with van der Waals surface area (Å²) in [6.07, 6.45) is 0. The minimum Gasteiger partial charge on any atom is -0.388 e. The lowest BCUT2D eigenvalue weighted by Gasteiger charge is -2.38. The highest BCUT2D eigenvalue weighted by molar-refractivity contribution is 4.91. The van der Waals surface area contributed by atoms with E-state index < -0.39 is 5.60 Å². The van der Waals surface area contributed by atoms with Crippen molar-refractivity contribution in [3.05, 3.63) is 0 Å². The van der Waals surface area contributed by atoms with Gasteiger partial charge in [-0.3, -0.25) is 4.90 Å². The topological polar surface area (TPSA) is 35.5 Å². The fourth-order valence-corrected chi connectivity index (χ4v) is 1.83. The zero-order valence-corrected chi connectivity index (χ0v) is 10.1. The molecule has 0 aliphatic carbocycles. The first-order valence-corrected chi connectivity index (χ1v) is 5.41. The van der Waals surface area contributed by atoms with E-state index in [4.69, 9.17) is 0 Å². The number of rotatable bonds is 0. The third-order valence-electron chi connectivity index (χ3n) is 2.81. The molecule has 1 heterocycles. The molecule has 1 saturated heterocycles. The van der Waals surface area contributed by atoms with E-state index in [0.29, 0.717) is 12.6 Å². The van der Waals surface area contributed by atoms with Crippen LogP contribution in [-0.4, -0.2) is 46.8 Å². The first-order chi connectivity index (χ1) is 6.21. The molecule has 0 aromatic carbocycles. The maximum absolute atomic E-state index is 10.1. The van der Waals surface area contributed by atoms with Gasteiger partial charge < -0.3 is 10.4 Å². The second-order valence-corrected chi connectivity index (χ2v) is 5.83. The first-order valence-electron chi connectivity index (χ1n) is 5.41. The van der Waals surface area contributed by atoms with E-state index in [1.165, 1.54) is 0 Å². The van der Waals surface area contributed by atoms with Crippen molar-refractivity contribution in [2.24, 2.45) is 0 Å². The van der Waals surface area contributed by atoms with Crippen molar-refractivity contribution in [2.75, 3.05) is 19.6 Å². The van der Waals surface area contributed by atoms with Gasteiger partial charge in [0, 0.05) is 31.2 Å². The van der Waals surface area contributed by atoms with Crippen molar-refractivity contribution >= 4 is 0 Å². The Morgan fingerprint density at radius 1 is 1.43 bits per heavy atom. The fourth-order valence-electron chi connectivity index (χ4n) is 1.83. The third kappa shape index (κ3) is 3.23. The van der Waals surface area contributed by atoms with Crippen molar-refractivity contribution in [2.45, 2.75) is 51.8 Å². The molecule has 1 aliphatic rings. The van der Waals surface area contributed by atoms with Crippen LogP contribution in [0.5, 0.6) is 0 Å². The lowest BCUT2D eigenvalue weighted by molar-refractivity contribution is 0.00646. The van der Waals surface area contributed by atoms with Crippen LogP contribution >= 0.6 is 0 Å². The Bertz CT molecular complexity index is 196. The van der Waals surface area contributed by atoms with Gasteiger partial charge in [-0.2, -0.15) is 0 Å². The molecule has 0 aromatic heterocycles. The van der Waals surface area contributed by atoms with Crippen LogP contribution in [0.4, 0.5) is 0 Å². The summed E-state index contributed by atoms with van der Waals surface area (Å²) in [5.74, 6) is 0. The summed E-state index contributed by atoms with van der Waals surface area (Å²) < 4.78 is 0. The molecule has 3 nitrogen and oxygen atoms in total. The van der Waals surface area contributed by atoms with Crippen LogP contribution in [0.1, 0.15) is 34.6 Å². The van der Waals surface area contributed by atoms with Crippen LogP contribution in [0.15, 0.2) is 0 Å². The molecule has 2 atom stereocenters. The summed E-state index contributed by atoms with van der Waals surface area (Å²) in [5, 5.41) is 13.4. The summed E-state index contributed by atoms with van der Waals surface area (Å²) >= 11 is 0. The number of β-amino-alcohol motifs (C(OH)–C–C–N with tert-alkyl or cyclic N) is 1. The molecule has 0 bridgehead atoms. The normalized spacial score (nSPS) is 36.9. The molecule has 1 rings (SSSR count). The smallest absolute Gasteiger partial charge is 0.0870 e. The summed E-state index contributed by atoms with van der Waals surface area (Å²) in [5.41, 5.74) is -0.484. The number of nitrogens with one attached hydrogen (secondary N) is 1. The molecule has 84 valence electrons. The van der Waals surface area contributed by atoms with Crippen LogP contribution in [0.25, 0.3) is 0 Å². The first kappa shape index (κ1) is 12.0. The molecule has 0 saturated carbocycles. The van der Waals surface area contributed by atoms with Gasteiger partial charge in [-0.05, 0) is 34.6 Å². The Morgan fingerprint density at radius 2 is 2.00 bits per heavy atom. The largest absolute Gasteiger partial charge is 0.388 e. The molecular weight excluding hydrogens is 176 g/mol. The fraction of sp³-hybridized carbons (Fsp3) is 1.00. The standard InChI is InChI=1S/C11H24N2O/c1-9-6-13(10(2,3)4)8-11(5,14)7-12-9/h9,12,14H,6-8H2,1-5H3. The second kappa shape index (κ2) is 3.80. The Labute approximate surface area is 87.5 Å². The third-order valence-corrected chi connectivity index (χ3v) is 2.81. The van der Waals surface area contributed by atoms with Crippen molar-refractivity contribution in [1.82, 2.24) is 10.2 Å². The van der Waals surface area contributed by atoms with Crippen molar-refractivity contribution < 1.29 is 5.11 Å². The maximum atomic E-state index is 10.1. The Morgan fingerprint density at radius 3 is 2.50 bits per heavy atom. The van der Waals surface area contributed by atoms with Crippen LogP contribution < -0.4 is 5.32 Å². The van der Waals surface area contributed by atoms with Gasteiger partial charge in [0.15, 0.2) is 0 Å². The summed E-state index contributed by atoms with van der Waals surface area (Å²) in [7, 11) is 0. The Balaban J connectivity index is 2.75. The van der Waals surface area contributed by atoms with Gasteiger partial charge in [-0.1, -0.05) is 0 Å². The Hall–Kier alpha value is -0.120. The highest BCUT2D eigenvalue weighted by Crippen LogP contribution is 2.19. The highest BCUT2D eigenvalue weighted by Gasteiger charge is 2.33. The van der Waals surface area contributed by atoms with Crippen LogP contribution in [0.2, 0.25) is 0 Å². The summed E-state index contributed by atoms with van der Waals surface area (Å²) in [4.78, 5) is 2.34. The molecule has 0 aromatic rings. The van der Waals surface area contributed by atoms with Gasteiger partial charge in [0.2, 0.25) is 0 Å². The molecular formula is C11H24N2O. The van der Waals surface area contributed by atoms with E-state index in [1.807, 2.05) is 6.92 Å². The van der Waals surface area contributed by atoms with E-state index in [2.05, 4.69) is 37.9 Å². The zero-order valence-electron chi connectivity index (χ0n) is 10.1. The predicted molar refractivity (Wildman–Crippen MR) is 59.4 cm³/mol. The summed E-state index contributed by atoms with van der Waals surface area (Å²) in [6, 6.07) is 0.447. The molecule has 1 fully saturated rings. The Kier molecular flexibility index (Phi) is 3.24. The van der Waals surface area contributed by atoms with E-state index in [-0.39, 0.29) is 5.54 Å². The second-order valence-electron chi connectivity index (χ2n) is 5.83. The molecule has 0 amide bonds. The SMILES string of the molecule is CC1CN(C(C)(C)C)CC(C)(O)CN1. The maximum Gasteiger partial charge on any atom is 0.0870 e. The highest BCUT2D eigenvalue weighted by atomic mass is 16.3. The average molecular weight is 200 g/mol. The number of aliphatic hydroxyl groups is 1. The quantitative estimate of drug-likeness (QED) is 0.608. The average Bonchev–Trinajstić information content (AvgIpc) is 2.09. The number of nitrogens with zero attached hydrogens (tertiary/aromatic N) is 1. The minimum absolute atomic E-state index is 0.129. The van der Waals surface area contributed by atoms with E-state index in [1.54, 1.807) is 0 Å². The van der Waals surface area contributed by atoms with Crippen molar-refractivity contribution in [3.8, 4) is 0 Å². The van der Waals surface area contributed by atoms with Gasteiger partial charge in [0.25, 0.3) is 0 Å². The number of hydrogen-bond donors (Lipinski definition) is 2. The van der Waals surface area contributed by atoms with Gasteiger partial charge >= 0.3 is 0 Å². The molecule has 0 radical (unpaired) electrons. The molecule has 1 aliphatic heterocycles.